The summed E-state index contributed by atoms with van der Waals surface area (Å²) < 4.78 is 16.0. The van der Waals surface area contributed by atoms with Gasteiger partial charge in [-0.15, -0.1) is 0 Å². The Morgan fingerprint density at radius 1 is 1.25 bits per heavy atom. The van der Waals surface area contributed by atoms with Crippen molar-refractivity contribution in [2.45, 2.75) is 12.2 Å². The molecule has 0 fully saturated rings. The van der Waals surface area contributed by atoms with E-state index in [2.05, 4.69) is 6.58 Å². The van der Waals surface area contributed by atoms with Gasteiger partial charge in [0.05, 0.1) is 6.61 Å². The van der Waals surface area contributed by atoms with Crippen molar-refractivity contribution in [2.24, 2.45) is 0 Å². The van der Waals surface area contributed by atoms with E-state index in [0.29, 0.717) is 17.6 Å². The van der Waals surface area contributed by atoms with Gasteiger partial charge in [-0.2, -0.15) is 0 Å². The van der Waals surface area contributed by atoms with Crippen LogP contribution in [0.15, 0.2) is 66.8 Å². The number of hydrogen-bond acceptors (Lipinski definition) is 5. The molecule has 0 heterocycles. The average Bonchev–Trinajstić information content (AvgIpc) is 2.65. The number of esters is 1. The molecule has 5 heteroatoms. The fraction of sp³-hybridized carbons (Fsp3) is 0.263. The molecule has 0 amide bonds. The average molecular weight is 328 g/mol. The van der Waals surface area contributed by atoms with Crippen molar-refractivity contribution in [3.63, 3.8) is 0 Å². The van der Waals surface area contributed by atoms with Crippen LogP contribution in [0.4, 0.5) is 0 Å². The third kappa shape index (κ3) is 4.50. The lowest BCUT2D eigenvalue weighted by molar-refractivity contribution is -0.193. The molecule has 1 aliphatic carbocycles. The Kier molecular flexibility index (Phi) is 6.23. The Hall–Kier alpha value is -2.50. The van der Waals surface area contributed by atoms with E-state index in [9.17, 15) is 9.59 Å². The van der Waals surface area contributed by atoms with Gasteiger partial charge < -0.3 is 14.2 Å². The quantitative estimate of drug-likeness (QED) is 0.241. The van der Waals surface area contributed by atoms with E-state index in [-0.39, 0.29) is 19.0 Å². The molecule has 0 aromatic heterocycles. The summed E-state index contributed by atoms with van der Waals surface area (Å²) in [6.45, 7) is 3.59. The van der Waals surface area contributed by atoms with Gasteiger partial charge in [0.1, 0.15) is 6.61 Å². The molecule has 0 saturated carbocycles. The molecule has 0 radical (unpaired) electrons. The molecule has 1 unspecified atom stereocenters. The number of allylic oxidation sites excluding steroid dienone is 2. The first kappa shape index (κ1) is 17.8. The normalized spacial score (nSPS) is 19.5. The zero-order valence-corrected chi connectivity index (χ0v) is 13.6. The van der Waals surface area contributed by atoms with Gasteiger partial charge in [0, 0.05) is 30.7 Å². The third-order valence-corrected chi connectivity index (χ3v) is 3.61. The smallest absolute Gasteiger partial charge is 0.330 e. The molecule has 1 aromatic rings. The summed E-state index contributed by atoms with van der Waals surface area (Å²) in [6.07, 6.45) is 6.67. The molecule has 2 rings (SSSR count). The van der Waals surface area contributed by atoms with Gasteiger partial charge in [0.2, 0.25) is 0 Å². The number of hydrogen-bond donors (Lipinski definition) is 0. The molecular formula is C19H20O5. The van der Waals surface area contributed by atoms with Crippen LogP contribution in [0.25, 0.3) is 0 Å². The monoisotopic (exact) mass is 328 g/mol. The van der Waals surface area contributed by atoms with Crippen molar-refractivity contribution in [3.05, 3.63) is 72.4 Å². The molecule has 0 N–H and O–H groups in total. The minimum Gasteiger partial charge on any atom is -0.460 e. The molecule has 1 aromatic carbocycles. The van der Waals surface area contributed by atoms with Crippen LogP contribution in [-0.4, -0.2) is 37.9 Å². The summed E-state index contributed by atoms with van der Waals surface area (Å²) in [5, 5.41) is 0. The molecule has 0 aliphatic heterocycles. The highest BCUT2D eigenvalue weighted by atomic mass is 16.7. The van der Waals surface area contributed by atoms with Crippen LogP contribution in [0.5, 0.6) is 0 Å². The molecule has 1 aliphatic rings. The van der Waals surface area contributed by atoms with Crippen molar-refractivity contribution in [1.29, 1.82) is 0 Å². The first-order valence-corrected chi connectivity index (χ1v) is 7.57. The molecule has 0 saturated heterocycles. The third-order valence-electron chi connectivity index (χ3n) is 3.61. The van der Waals surface area contributed by atoms with Crippen LogP contribution < -0.4 is 0 Å². The van der Waals surface area contributed by atoms with E-state index in [1.807, 2.05) is 18.2 Å². The van der Waals surface area contributed by atoms with Crippen LogP contribution in [0.3, 0.4) is 0 Å². The first-order valence-electron chi connectivity index (χ1n) is 7.57. The van der Waals surface area contributed by atoms with E-state index in [4.69, 9.17) is 14.2 Å². The largest absolute Gasteiger partial charge is 0.460 e. The van der Waals surface area contributed by atoms with Gasteiger partial charge in [-0.3, -0.25) is 4.79 Å². The highest BCUT2D eigenvalue weighted by molar-refractivity contribution is 6.10. The lowest BCUT2D eigenvalue weighted by Gasteiger charge is -2.30. The molecule has 24 heavy (non-hydrogen) atoms. The van der Waals surface area contributed by atoms with Crippen LogP contribution in [-0.2, 0) is 19.0 Å². The number of rotatable bonds is 8. The van der Waals surface area contributed by atoms with Gasteiger partial charge in [-0.05, 0) is 6.08 Å². The molecule has 0 spiro atoms. The van der Waals surface area contributed by atoms with Gasteiger partial charge in [0.15, 0.2) is 11.6 Å². The standard InChI is InChI=1S/C19H20O5/c1-3-17(20)23-13-14-24-19(22-2)11-9-16(10-12-19)18(21)15-7-5-4-6-8-15/h3-11H,1,12-14H2,2H3. The van der Waals surface area contributed by atoms with Crippen molar-refractivity contribution in [2.75, 3.05) is 20.3 Å². The number of ketones is 1. The van der Waals surface area contributed by atoms with E-state index >= 15 is 0 Å². The van der Waals surface area contributed by atoms with E-state index in [1.165, 1.54) is 7.11 Å². The Bertz CT molecular complexity index is 660. The topological polar surface area (TPSA) is 61.8 Å². The second kappa shape index (κ2) is 8.38. The Morgan fingerprint density at radius 2 is 2.00 bits per heavy atom. The van der Waals surface area contributed by atoms with Crippen molar-refractivity contribution < 1.29 is 23.8 Å². The predicted molar refractivity (Wildman–Crippen MR) is 89.5 cm³/mol. The van der Waals surface area contributed by atoms with Gasteiger partial charge in [-0.25, -0.2) is 4.79 Å². The van der Waals surface area contributed by atoms with Gasteiger partial charge in [-0.1, -0.05) is 49.1 Å². The minimum atomic E-state index is -0.957. The maximum Gasteiger partial charge on any atom is 0.330 e. The fourth-order valence-electron chi connectivity index (χ4n) is 2.26. The Morgan fingerprint density at radius 3 is 2.58 bits per heavy atom. The summed E-state index contributed by atoms with van der Waals surface area (Å²) in [6, 6.07) is 9.07. The summed E-state index contributed by atoms with van der Waals surface area (Å²) in [4.78, 5) is 23.4. The first-order chi connectivity index (χ1) is 11.6. The molecule has 126 valence electrons. The van der Waals surface area contributed by atoms with Crippen molar-refractivity contribution in [3.8, 4) is 0 Å². The Balaban J connectivity index is 1.94. The molecular weight excluding hydrogens is 308 g/mol. The van der Waals surface area contributed by atoms with Crippen molar-refractivity contribution in [1.82, 2.24) is 0 Å². The van der Waals surface area contributed by atoms with Crippen LogP contribution in [0.1, 0.15) is 16.8 Å². The van der Waals surface area contributed by atoms with Gasteiger partial charge in [0.25, 0.3) is 0 Å². The number of carbonyl (C=O) groups excluding carboxylic acids is 2. The molecule has 0 bridgehead atoms. The number of Topliss-reactive ketones (excluding diaryl/α,β-unsaturated/α-hetero) is 1. The van der Waals surface area contributed by atoms with Gasteiger partial charge >= 0.3 is 5.97 Å². The number of methoxy groups -OCH3 is 1. The predicted octanol–water partition coefficient (Wildman–Crippen LogP) is 2.84. The number of benzene rings is 1. The molecule has 1 atom stereocenters. The van der Waals surface area contributed by atoms with E-state index < -0.39 is 11.8 Å². The SMILES string of the molecule is C=CC(=O)OCCOC1(OC)C=CC(C(=O)c2ccccc2)=CC1. The maximum atomic E-state index is 12.4. The fourth-order valence-corrected chi connectivity index (χ4v) is 2.26. The van der Waals surface area contributed by atoms with Crippen LogP contribution in [0, 0.1) is 0 Å². The lowest BCUT2D eigenvalue weighted by atomic mass is 9.95. The highest BCUT2D eigenvalue weighted by Gasteiger charge is 2.30. The number of carbonyl (C=O) groups is 2. The lowest BCUT2D eigenvalue weighted by Crippen LogP contribution is -2.35. The zero-order chi connectivity index (χ0) is 17.4. The second-order valence-electron chi connectivity index (χ2n) is 5.13. The Labute approximate surface area is 141 Å². The van der Waals surface area contributed by atoms with E-state index in [0.717, 1.165) is 6.08 Å². The summed E-state index contributed by atoms with van der Waals surface area (Å²) in [5.41, 5.74) is 1.23. The maximum absolute atomic E-state index is 12.4. The zero-order valence-electron chi connectivity index (χ0n) is 13.6. The highest BCUT2D eigenvalue weighted by Crippen LogP contribution is 2.27. The summed E-state index contributed by atoms with van der Waals surface area (Å²) in [7, 11) is 1.53. The summed E-state index contributed by atoms with van der Waals surface area (Å²) in [5.74, 6) is -1.50. The van der Waals surface area contributed by atoms with E-state index in [1.54, 1.807) is 30.4 Å². The van der Waals surface area contributed by atoms with Crippen molar-refractivity contribution >= 4 is 11.8 Å². The van der Waals surface area contributed by atoms with Crippen LogP contribution in [0.2, 0.25) is 0 Å². The molecule has 5 nitrogen and oxygen atoms in total. The minimum absolute atomic E-state index is 0.0449. The number of ether oxygens (including phenoxy) is 3. The second-order valence-corrected chi connectivity index (χ2v) is 5.13. The van der Waals surface area contributed by atoms with Crippen LogP contribution >= 0.6 is 0 Å². The summed E-state index contributed by atoms with van der Waals surface area (Å²) >= 11 is 0.